The normalized spacial score (nSPS) is 10.4. The van der Waals surface area contributed by atoms with Crippen LogP contribution in [-0.4, -0.2) is 4.92 Å². The molecule has 0 aliphatic carbocycles. The molecule has 0 heterocycles. The van der Waals surface area contributed by atoms with E-state index >= 15 is 0 Å². The second-order valence-corrected chi connectivity index (χ2v) is 5.19. The summed E-state index contributed by atoms with van der Waals surface area (Å²) in [7, 11) is 0. The van der Waals surface area contributed by atoms with Gasteiger partial charge in [0.25, 0.3) is 5.69 Å². The third-order valence-electron chi connectivity index (χ3n) is 3.71. The van der Waals surface area contributed by atoms with E-state index in [1.165, 1.54) is 11.1 Å². The molecule has 2 aromatic carbocycles. The SMILES string of the molecule is CCc1ccccc1CNc1cc(C)c([N+](=O)[O-])cc1C. The molecular weight excluding hydrogens is 264 g/mol. The van der Waals surface area contributed by atoms with Crippen molar-refractivity contribution in [3.8, 4) is 0 Å². The first kappa shape index (κ1) is 15.0. The molecule has 0 spiro atoms. The zero-order valence-electron chi connectivity index (χ0n) is 12.6. The van der Waals surface area contributed by atoms with Gasteiger partial charge in [-0.3, -0.25) is 10.1 Å². The lowest BCUT2D eigenvalue weighted by molar-refractivity contribution is -0.385. The van der Waals surface area contributed by atoms with Crippen molar-refractivity contribution >= 4 is 11.4 Å². The molecule has 0 radical (unpaired) electrons. The molecule has 2 rings (SSSR count). The lowest BCUT2D eigenvalue weighted by Gasteiger charge is -2.13. The number of rotatable bonds is 5. The van der Waals surface area contributed by atoms with Gasteiger partial charge in [-0.15, -0.1) is 0 Å². The van der Waals surface area contributed by atoms with Crippen molar-refractivity contribution in [2.75, 3.05) is 5.32 Å². The zero-order valence-corrected chi connectivity index (χ0v) is 12.6. The van der Waals surface area contributed by atoms with E-state index in [1.54, 1.807) is 13.0 Å². The monoisotopic (exact) mass is 284 g/mol. The third kappa shape index (κ3) is 3.40. The summed E-state index contributed by atoms with van der Waals surface area (Å²) in [6, 6.07) is 11.8. The minimum atomic E-state index is -0.335. The molecule has 0 fully saturated rings. The van der Waals surface area contributed by atoms with Gasteiger partial charge in [-0.25, -0.2) is 0 Å². The standard InChI is InChI=1S/C17H20N2O2/c1-4-14-7-5-6-8-15(14)11-18-16-9-13(3)17(19(20)21)10-12(16)2/h5-10,18H,4,11H2,1-3H3. The van der Waals surface area contributed by atoms with Crippen molar-refractivity contribution in [3.05, 3.63) is 68.8 Å². The van der Waals surface area contributed by atoms with Gasteiger partial charge in [0, 0.05) is 23.9 Å². The highest BCUT2D eigenvalue weighted by molar-refractivity contribution is 5.59. The predicted molar refractivity (Wildman–Crippen MR) is 85.7 cm³/mol. The first-order valence-electron chi connectivity index (χ1n) is 7.09. The number of nitrogens with one attached hydrogen (secondary N) is 1. The van der Waals surface area contributed by atoms with E-state index in [0.717, 1.165) is 24.2 Å². The van der Waals surface area contributed by atoms with Crippen molar-refractivity contribution in [2.24, 2.45) is 0 Å². The smallest absolute Gasteiger partial charge is 0.272 e. The molecule has 4 heteroatoms. The number of aryl methyl sites for hydroxylation is 3. The number of benzene rings is 2. The van der Waals surface area contributed by atoms with Crippen LogP contribution in [0.2, 0.25) is 0 Å². The summed E-state index contributed by atoms with van der Waals surface area (Å²) < 4.78 is 0. The Labute approximate surface area is 125 Å². The van der Waals surface area contributed by atoms with E-state index in [9.17, 15) is 10.1 Å². The lowest BCUT2D eigenvalue weighted by atomic mass is 10.0. The number of nitrogens with zero attached hydrogens (tertiary/aromatic N) is 1. The first-order valence-corrected chi connectivity index (χ1v) is 7.09. The van der Waals surface area contributed by atoms with Crippen LogP contribution in [0.3, 0.4) is 0 Å². The predicted octanol–water partition coefficient (Wildman–Crippen LogP) is 4.39. The minimum absolute atomic E-state index is 0.173. The summed E-state index contributed by atoms with van der Waals surface area (Å²) >= 11 is 0. The maximum atomic E-state index is 10.9. The number of nitro groups is 1. The molecule has 0 amide bonds. The molecule has 0 bridgehead atoms. The number of anilines is 1. The molecule has 2 aromatic rings. The van der Waals surface area contributed by atoms with Crippen LogP contribution in [0.25, 0.3) is 0 Å². The summed E-state index contributed by atoms with van der Waals surface area (Å²) in [4.78, 5) is 10.6. The summed E-state index contributed by atoms with van der Waals surface area (Å²) in [6.07, 6.45) is 0.996. The average Bonchev–Trinajstić information content (AvgIpc) is 2.47. The highest BCUT2D eigenvalue weighted by atomic mass is 16.6. The van der Waals surface area contributed by atoms with Gasteiger partial charge < -0.3 is 5.32 Å². The van der Waals surface area contributed by atoms with Crippen molar-refractivity contribution in [1.29, 1.82) is 0 Å². The van der Waals surface area contributed by atoms with Crippen LogP contribution in [0.1, 0.15) is 29.2 Å². The maximum absolute atomic E-state index is 10.9. The molecular formula is C17H20N2O2. The fourth-order valence-corrected chi connectivity index (χ4v) is 2.45. The summed E-state index contributed by atoms with van der Waals surface area (Å²) in [5.74, 6) is 0. The Balaban J connectivity index is 2.21. The van der Waals surface area contributed by atoms with Crippen LogP contribution in [0.15, 0.2) is 36.4 Å². The van der Waals surface area contributed by atoms with E-state index in [1.807, 2.05) is 25.1 Å². The highest BCUT2D eigenvalue weighted by Gasteiger charge is 2.13. The molecule has 110 valence electrons. The quantitative estimate of drug-likeness (QED) is 0.654. The fraction of sp³-hybridized carbons (Fsp3) is 0.294. The van der Waals surface area contributed by atoms with Gasteiger partial charge in [-0.1, -0.05) is 31.2 Å². The van der Waals surface area contributed by atoms with Crippen molar-refractivity contribution < 1.29 is 4.92 Å². The van der Waals surface area contributed by atoms with Gasteiger partial charge in [-0.05, 0) is 43.0 Å². The van der Waals surface area contributed by atoms with Gasteiger partial charge in [-0.2, -0.15) is 0 Å². The second kappa shape index (κ2) is 6.39. The third-order valence-corrected chi connectivity index (χ3v) is 3.71. The summed E-state index contributed by atoms with van der Waals surface area (Å²) in [5, 5.41) is 14.3. The number of nitro benzene ring substituents is 1. The van der Waals surface area contributed by atoms with E-state index in [0.29, 0.717) is 5.56 Å². The molecule has 0 saturated carbocycles. The summed E-state index contributed by atoms with van der Waals surface area (Å²) in [6.45, 7) is 6.52. The van der Waals surface area contributed by atoms with E-state index in [2.05, 4.69) is 24.4 Å². The highest BCUT2D eigenvalue weighted by Crippen LogP contribution is 2.26. The van der Waals surface area contributed by atoms with Crippen molar-refractivity contribution in [3.63, 3.8) is 0 Å². The molecule has 0 unspecified atom stereocenters. The number of hydrogen-bond donors (Lipinski definition) is 1. The van der Waals surface area contributed by atoms with Crippen molar-refractivity contribution in [2.45, 2.75) is 33.7 Å². The van der Waals surface area contributed by atoms with Gasteiger partial charge in [0.15, 0.2) is 0 Å². The first-order chi connectivity index (χ1) is 10.0. The second-order valence-electron chi connectivity index (χ2n) is 5.19. The van der Waals surface area contributed by atoms with Crippen LogP contribution < -0.4 is 5.32 Å². The molecule has 21 heavy (non-hydrogen) atoms. The van der Waals surface area contributed by atoms with Crippen LogP contribution in [-0.2, 0) is 13.0 Å². The fourth-order valence-electron chi connectivity index (χ4n) is 2.45. The molecule has 0 aromatic heterocycles. The van der Waals surface area contributed by atoms with E-state index in [4.69, 9.17) is 0 Å². The van der Waals surface area contributed by atoms with Gasteiger partial charge in [0.2, 0.25) is 0 Å². The Morgan fingerprint density at radius 2 is 1.76 bits per heavy atom. The molecule has 0 aliphatic heterocycles. The van der Waals surface area contributed by atoms with Gasteiger partial charge in [0.05, 0.1) is 4.92 Å². The van der Waals surface area contributed by atoms with Crippen LogP contribution >= 0.6 is 0 Å². The minimum Gasteiger partial charge on any atom is -0.381 e. The van der Waals surface area contributed by atoms with Gasteiger partial charge in [0.1, 0.15) is 0 Å². The topological polar surface area (TPSA) is 55.2 Å². The Hall–Kier alpha value is -2.36. The van der Waals surface area contributed by atoms with E-state index in [-0.39, 0.29) is 10.6 Å². The number of hydrogen-bond acceptors (Lipinski definition) is 3. The van der Waals surface area contributed by atoms with E-state index < -0.39 is 0 Å². The van der Waals surface area contributed by atoms with Gasteiger partial charge >= 0.3 is 0 Å². The summed E-state index contributed by atoms with van der Waals surface area (Å²) in [5.41, 5.74) is 5.27. The lowest BCUT2D eigenvalue weighted by Crippen LogP contribution is -2.05. The molecule has 0 saturated heterocycles. The Morgan fingerprint density at radius 1 is 1.10 bits per heavy atom. The maximum Gasteiger partial charge on any atom is 0.272 e. The molecule has 4 nitrogen and oxygen atoms in total. The average molecular weight is 284 g/mol. The Morgan fingerprint density at radius 3 is 2.38 bits per heavy atom. The van der Waals surface area contributed by atoms with Crippen LogP contribution in [0, 0.1) is 24.0 Å². The molecule has 0 aliphatic rings. The Kier molecular flexibility index (Phi) is 4.58. The van der Waals surface area contributed by atoms with Crippen LogP contribution in [0.5, 0.6) is 0 Å². The zero-order chi connectivity index (χ0) is 15.4. The van der Waals surface area contributed by atoms with Crippen LogP contribution in [0.4, 0.5) is 11.4 Å². The van der Waals surface area contributed by atoms with Crippen molar-refractivity contribution in [1.82, 2.24) is 0 Å². The molecule has 0 atom stereocenters. The molecule has 1 N–H and O–H groups in total. The Bertz CT molecular complexity index is 666. The largest absolute Gasteiger partial charge is 0.381 e.